The third-order valence-electron chi connectivity index (χ3n) is 6.55. The van der Waals surface area contributed by atoms with Crippen molar-refractivity contribution in [3.8, 4) is 0 Å². The lowest BCUT2D eigenvalue weighted by Gasteiger charge is -2.29. The van der Waals surface area contributed by atoms with Gasteiger partial charge in [-0.3, -0.25) is 19.2 Å². The molecule has 0 unspecified atom stereocenters. The van der Waals surface area contributed by atoms with E-state index in [0.717, 1.165) is 30.6 Å². The molecule has 0 radical (unpaired) electrons. The van der Waals surface area contributed by atoms with E-state index in [1.807, 2.05) is 30.3 Å². The van der Waals surface area contributed by atoms with Crippen LogP contribution in [-0.2, 0) is 23.9 Å². The van der Waals surface area contributed by atoms with E-state index < -0.39 is 10.9 Å². The minimum atomic E-state index is -2.89. The minimum absolute atomic E-state index is 0.00404. The first-order valence-corrected chi connectivity index (χ1v) is 12.3. The molecule has 0 atom stereocenters. The number of likely N-dealkylation sites (tertiary alicyclic amines) is 1. The van der Waals surface area contributed by atoms with Gasteiger partial charge in [-0.25, -0.2) is 8.42 Å². The van der Waals surface area contributed by atoms with Crippen LogP contribution in [0.2, 0.25) is 0 Å². The van der Waals surface area contributed by atoms with Crippen LogP contribution in [0.5, 0.6) is 0 Å². The summed E-state index contributed by atoms with van der Waals surface area (Å²) >= 11 is 0. The van der Waals surface area contributed by atoms with Crippen LogP contribution in [-0.4, -0.2) is 49.7 Å². The van der Waals surface area contributed by atoms with Gasteiger partial charge in [0.05, 0.1) is 12.2 Å². The average Bonchev–Trinajstić information content (AvgIpc) is 3.33. The molecule has 1 N–H and O–H groups in total. The van der Waals surface area contributed by atoms with Gasteiger partial charge in [0.2, 0.25) is 10.9 Å². The van der Waals surface area contributed by atoms with Crippen LogP contribution in [0.3, 0.4) is 0 Å². The minimum Gasteiger partial charge on any atom is -0.303 e. The Balaban J connectivity index is 1.52. The molecule has 33 heavy (non-hydrogen) atoms. The zero-order valence-corrected chi connectivity index (χ0v) is 19.0. The number of nitrogens with zero attached hydrogens (tertiary/aromatic N) is 2. The second-order valence-corrected chi connectivity index (χ2v) is 9.25. The molecule has 0 saturated carbocycles. The molecule has 2 aliphatic heterocycles. The van der Waals surface area contributed by atoms with Gasteiger partial charge in [0.1, 0.15) is 0 Å². The van der Waals surface area contributed by atoms with E-state index >= 15 is 0 Å². The van der Waals surface area contributed by atoms with Gasteiger partial charge in [0, 0.05) is 23.1 Å². The molecule has 3 aromatic rings. The molecule has 0 bridgehead atoms. The first-order valence-electron chi connectivity index (χ1n) is 11.1. The molecule has 0 spiro atoms. The maximum absolute atomic E-state index is 13.4. The SMILES string of the molecule is O=C1c2cccc3cccc(c23)C(=O)N1Cc1c(CCN2CCCC2)cccc1N[SH](=O)=O. The fourth-order valence-corrected chi connectivity index (χ4v) is 5.33. The number of amides is 2. The van der Waals surface area contributed by atoms with Crippen molar-refractivity contribution in [3.63, 3.8) is 0 Å². The summed E-state index contributed by atoms with van der Waals surface area (Å²) in [4.78, 5) is 30.4. The Bertz CT molecular complexity index is 1270. The predicted octanol–water partition coefficient (Wildman–Crippen LogP) is 3.21. The number of hydrogen-bond donors (Lipinski definition) is 2. The second kappa shape index (κ2) is 8.96. The molecule has 5 rings (SSSR count). The van der Waals surface area contributed by atoms with Crippen LogP contribution in [0, 0.1) is 0 Å². The summed E-state index contributed by atoms with van der Waals surface area (Å²) in [7, 11) is -2.89. The van der Waals surface area contributed by atoms with E-state index in [2.05, 4.69) is 9.62 Å². The number of nitrogens with one attached hydrogen (secondary N) is 1. The third kappa shape index (κ3) is 4.12. The number of anilines is 1. The molecule has 8 heteroatoms. The molecule has 2 aliphatic rings. The predicted molar refractivity (Wildman–Crippen MR) is 128 cm³/mol. The maximum atomic E-state index is 13.4. The summed E-state index contributed by atoms with van der Waals surface area (Å²) in [6.45, 7) is 2.97. The fraction of sp³-hybridized carbons (Fsp3) is 0.280. The van der Waals surface area contributed by atoms with Gasteiger partial charge in [0.25, 0.3) is 11.8 Å². The van der Waals surface area contributed by atoms with E-state index in [9.17, 15) is 18.0 Å². The lowest BCUT2D eigenvalue weighted by Crippen LogP contribution is -2.40. The van der Waals surface area contributed by atoms with Crippen LogP contribution in [0.1, 0.15) is 44.7 Å². The van der Waals surface area contributed by atoms with Crippen molar-refractivity contribution < 1.29 is 18.0 Å². The maximum Gasteiger partial charge on any atom is 0.261 e. The Morgan fingerprint density at radius 1 is 0.848 bits per heavy atom. The first kappa shape index (κ1) is 21.6. The van der Waals surface area contributed by atoms with Gasteiger partial charge in [-0.1, -0.05) is 36.4 Å². The molecular weight excluding hydrogens is 438 g/mol. The van der Waals surface area contributed by atoms with Crippen molar-refractivity contribution in [1.82, 2.24) is 9.80 Å². The van der Waals surface area contributed by atoms with Crippen LogP contribution < -0.4 is 4.72 Å². The highest BCUT2D eigenvalue weighted by Gasteiger charge is 2.33. The molecule has 2 amide bonds. The standard InChI is InChI=1S/C25H25N3O4S/c29-24-19-9-3-7-18-8-4-10-20(23(18)19)25(30)28(24)16-21-17(12-15-27-13-1-2-14-27)6-5-11-22(21)26-33(31)32/h3-11,33H,1-2,12-16H2,(H,26,31,32). The molecular formula is C25H25N3O4S. The Morgan fingerprint density at radius 2 is 1.48 bits per heavy atom. The van der Waals surface area contributed by atoms with Crippen LogP contribution in [0.15, 0.2) is 54.6 Å². The molecule has 1 fully saturated rings. The number of hydrogen-bond acceptors (Lipinski definition) is 5. The van der Waals surface area contributed by atoms with E-state index in [4.69, 9.17) is 0 Å². The van der Waals surface area contributed by atoms with Gasteiger partial charge < -0.3 is 4.90 Å². The third-order valence-corrected chi connectivity index (χ3v) is 6.98. The zero-order chi connectivity index (χ0) is 22.9. The van der Waals surface area contributed by atoms with E-state index in [1.54, 1.807) is 24.3 Å². The zero-order valence-electron chi connectivity index (χ0n) is 18.1. The lowest BCUT2D eigenvalue weighted by molar-refractivity contribution is 0.0598. The highest BCUT2D eigenvalue weighted by molar-refractivity contribution is 7.73. The number of benzene rings is 3. The van der Waals surface area contributed by atoms with Crippen LogP contribution in [0.25, 0.3) is 10.8 Å². The van der Waals surface area contributed by atoms with Crippen molar-refractivity contribution in [3.05, 3.63) is 76.9 Å². The smallest absolute Gasteiger partial charge is 0.261 e. The van der Waals surface area contributed by atoms with E-state index in [1.165, 1.54) is 17.7 Å². The lowest BCUT2D eigenvalue weighted by atomic mass is 9.93. The second-order valence-electron chi connectivity index (χ2n) is 8.52. The van der Waals surface area contributed by atoms with Gasteiger partial charge in [-0.2, -0.15) is 0 Å². The normalized spacial score (nSPS) is 16.2. The van der Waals surface area contributed by atoms with E-state index in [-0.39, 0.29) is 18.4 Å². The summed E-state index contributed by atoms with van der Waals surface area (Å²) in [5.74, 6) is -0.729. The van der Waals surface area contributed by atoms with Crippen LogP contribution >= 0.6 is 0 Å². The van der Waals surface area contributed by atoms with E-state index in [0.29, 0.717) is 34.2 Å². The van der Waals surface area contributed by atoms with Crippen molar-refractivity contribution in [2.24, 2.45) is 0 Å². The van der Waals surface area contributed by atoms with Gasteiger partial charge >= 0.3 is 0 Å². The Labute approximate surface area is 194 Å². The molecule has 0 aromatic heterocycles. The number of carbonyl (C=O) groups excluding carboxylic acids is 2. The monoisotopic (exact) mass is 463 g/mol. The van der Waals surface area contributed by atoms with Crippen molar-refractivity contribution in [2.45, 2.75) is 25.8 Å². The highest BCUT2D eigenvalue weighted by Crippen LogP contribution is 2.32. The topological polar surface area (TPSA) is 86.8 Å². The average molecular weight is 464 g/mol. The fourth-order valence-electron chi connectivity index (χ4n) is 4.93. The van der Waals surface area contributed by atoms with Gasteiger partial charge in [-0.05, 0) is 67.1 Å². The number of imide groups is 1. The summed E-state index contributed by atoms with van der Waals surface area (Å²) in [5.41, 5.74) is 2.97. The molecule has 7 nitrogen and oxygen atoms in total. The van der Waals surface area contributed by atoms with Crippen molar-refractivity contribution in [2.75, 3.05) is 24.4 Å². The summed E-state index contributed by atoms with van der Waals surface area (Å²) in [6.07, 6.45) is 3.09. The number of carbonyl (C=O) groups is 2. The molecule has 1 saturated heterocycles. The van der Waals surface area contributed by atoms with Gasteiger partial charge in [-0.15, -0.1) is 0 Å². The summed E-state index contributed by atoms with van der Waals surface area (Å²) in [5, 5.41) is 1.53. The van der Waals surface area contributed by atoms with Crippen LogP contribution in [0.4, 0.5) is 5.69 Å². The van der Waals surface area contributed by atoms with Crippen molar-refractivity contribution in [1.29, 1.82) is 0 Å². The molecule has 2 heterocycles. The first-order chi connectivity index (χ1) is 16.0. The number of thiol groups is 1. The largest absolute Gasteiger partial charge is 0.303 e. The Kier molecular flexibility index (Phi) is 5.86. The summed E-state index contributed by atoms with van der Waals surface area (Å²) < 4.78 is 25.5. The molecule has 170 valence electrons. The summed E-state index contributed by atoms with van der Waals surface area (Å²) in [6, 6.07) is 16.3. The Hall–Kier alpha value is -3.23. The quantitative estimate of drug-likeness (QED) is 0.415. The van der Waals surface area contributed by atoms with Gasteiger partial charge in [0.15, 0.2) is 0 Å². The number of rotatable bonds is 7. The highest BCUT2D eigenvalue weighted by atomic mass is 32.2. The Morgan fingerprint density at radius 3 is 2.12 bits per heavy atom. The molecule has 0 aliphatic carbocycles. The van der Waals surface area contributed by atoms with Crippen molar-refractivity contribution >= 4 is 39.2 Å². The molecule has 3 aromatic carbocycles.